The molecule has 0 aromatic heterocycles. The predicted octanol–water partition coefficient (Wildman–Crippen LogP) is 4.49. The highest BCUT2D eigenvalue weighted by Gasteiger charge is 2.09. The number of benzene rings is 2. The van der Waals surface area contributed by atoms with Crippen molar-refractivity contribution in [2.24, 2.45) is 0 Å². The molecular weight excluding hydrogens is 284 g/mol. The normalized spacial score (nSPS) is 11.0. The Morgan fingerprint density at radius 2 is 1.91 bits per heavy atom. The highest BCUT2D eigenvalue weighted by molar-refractivity contribution is 5.89. The topological polar surface area (TPSA) is 26.3 Å². The van der Waals surface area contributed by atoms with Crippen molar-refractivity contribution in [2.45, 2.75) is 19.3 Å². The number of ether oxygens (including phenoxy) is 1. The summed E-state index contributed by atoms with van der Waals surface area (Å²) in [6.07, 6.45) is 2.70. The molecular formula is C21H20O2. The fourth-order valence-electron chi connectivity index (χ4n) is 2.39. The van der Waals surface area contributed by atoms with Gasteiger partial charge in [-0.15, -0.1) is 6.58 Å². The second-order valence-corrected chi connectivity index (χ2v) is 5.27. The molecule has 0 fully saturated rings. The Hall–Kier alpha value is -2.79. The molecule has 2 rings (SSSR count). The summed E-state index contributed by atoms with van der Waals surface area (Å²) < 4.78 is 4.69. The van der Waals surface area contributed by atoms with Crippen LogP contribution in [0.5, 0.6) is 0 Å². The number of carbonyl (C=O) groups is 1. The molecule has 2 aromatic rings. The molecule has 0 radical (unpaired) electrons. The molecule has 0 aliphatic rings. The van der Waals surface area contributed by atoms with Gasteiger partial charge in [-0.25, -0.2) is 4.79 Å². The highest BCUT2D eigenvalue weighted by Crippen LogP contribution is 2.22. The maximum absolute atomic E-state index is 11.4. The van der Waals surface area contributed by atoms with Gasteiger partial charge in [-0.05, 0) is 48.7 Å². The molecule has 0 aliphatic heterocycles. The van der Waals surface area contributed by atoms with E-state index in [1.807, 2.05) is 30.3 Å². The van der Waals surface area contributed by atoms with Gasteiger partial charge in [-0.3, -0.25) is 0 Å². The molecule has 2 nitrogen and oxygen atoms in total. The van der Waals surface area contributed by atoms with Crippen molar-refractivity contribution in [2.75, 3.05) is 7.11 Å². The van der Waals surface area contributed by atoms with Gasteiger partial charge < -0.3 is 4.74 Å². The molecule has 1 atom stereocenters. The van der Waals surface area contributed by atoms with Crippen LogP contribution in [-0.4, -0.2) is 13.1 Å². The Bertz CT molecular complexity index is 745. The molecule has 0 bridgehead atoms. The zero-order valence-electron chi connectivity index (χ0n) is 13.5. The molecule has 0 saturated carbocycles. The second-order valence-electron chi connectivity index (χ2n) is 5.27. The van der Waals surface area contributed by atoms with E-state index < -0.39 is 0 Å². The highest BCUT2D eigenvalue weighted by atomic mass is 16.5. The Morgan fingerprint density at radius 1 is 1.22 bits per heavy atom. The van der Waals surface area contributed by atoms with Crippen LogP contribution < -0.4 is 0 Å². The minimum atomic E-state index is -0.339. The molecule has 0 N–H and O–H groups in total. The molecule has 0 saturated heterocycles. The Balaban J connectivity index is 2.25. The molecule has 23 heavy (non-hydrogen) atoms. The van der Waals surface area contributed by atoms with Crippen LogP contribution in [0.1, 0.15) is 39.4 Å². The summed E-state index contributed by atoms with van der Waals surface area (Å²) in [7, 11) is 1.37. The fourth-order valence-corrected chi connectivity index (χ4v) is 2.39. The van der Waals surface area contributed by atoms with Crippen molar-refractivity contribution >= 4 is 5.97 Å². The van der Waals surface area contributed by atoms with Crippen molar-refractivity contribution in [1.82, 2.24) is 0 Å². The van der Waals surface area contributed by atoms with Crippen LogP contribution in [0.4, 0.5) is 0 Å². The third-order valence-corrected chi connectivity index (χ3v) is 3.66. The van der Waals surface area contributed by atoms with Crippen molar-refractivity contribution in [1.29, 1.82) is 0 Å². The molecule has 0 heterocycles. The molecule has 0 spiro atoms. The number of hydrogen-bond acceptors (Lipinski definition) is 2. The van der Waals surface area contributed by atoms with Crippen molar-refractivity contribution in [3.8, 4) is 11.8 Å². The van der Waals surface area contributed by atoms with Crippen LogP contribution in [0.3, 0.4) is 0 Å². The Morgan fingerprint density at radius 3 is 2.52 bits per heavy atom. The number of aryl methyl sites for hydroxylation is 1. The standard InChI is InChI=1S/C21H20O2/c1-4-7-18(20-9-6-5-8-16(20)2)13-10-17-11-14-19(15-12-17)21(22)23-3/h4-6,8-9,11-12,14-15,18H,1,7H2,2-3H3. The van der Waals surface area contributed by atoms with Gasteiger partial charge in [0.2, 0.25) is 0 Å². The van der Waals surface area contributed by atoms with Crippen molar-refractivity contribution in [3.63, 3.8) is 0 Å². The third kappa shape index (κ3) is 4.34. The van der Waals surface area contributed by atoms with Gasteiger partial charge in [0, 0.05) is 11.5 Å². The summed E-state index contributed by atoms with van der Waals surface area (Å²) in [5.74, 6) is 6.29. The summed E-state index contributed by atoms with van der Waals surface area (Å²) in [5.41, 5.74) is 3.86. The van der Waals surface area contributed by atoms with Gasteiger partial charge in [0.25, 0.3) is 0 Å². The number of rotatable bonds is 4. The van der Waals surface area contributed by atoms with Crippen molar-refractivity contribution < 1.29 is 9.53 Å². The summed E-state index contributed by atoms with van der Waals surface area (Å²) in [5, 5.41) is 0. The zero-order chi connectivity index (χ0) is 16.7. The first-order valence-electron chi connectivity index (χ1n) is 7.52. The Labute approximate surface area is 137 Å². The minimum absolute atomic E-state index is 0.119. The van der Waals surface area contributed by atoms with E-state index in [0.29, 0.717) is 5.56 Å². The molecule has 2 aromatic carbocycles. The number of esters is 1. The fraction of sp³-hybridized carbons (Fsp3) is 0.190. The first-order valence-corrected chi connectivity index (χ1v) is 7.52. The Kier molecular flexibility index (Phi) is 5.77. The van der Waals surface area contributed by atoms with Gasteiger partial charge in [0.1, 0.15) is 0 Å². The number of allylic oxidation sites excluding steroid dienone is 1. The summed E-state index contributed by atoms with van der Waals surface area (Å²) >= 11 is 0. The zero-order valence-corrected chi connectivity index (χ0v) is 13.5. The maximum Gasteiger partial charge on any atom is 0.337 e. The van der Waals surface area contributed by atoms with E-state index in [1.54, 1.807) is 12.1 Å². The first kappa shape index (κ1) is 16.6. The predicted molar refractivity (Wildman–Crippen MR) is 93.4 cm³/mol. The van der Waals surface area contributed by atoms with Gasteiger partial charge in [0.15, 0.2) is 0 Å². The van der Waals surface area contributed by atoms with E-state index in [2.05, 4.69) is 37.5 Å². The van der Waals surface area contributed by atoms with E-state index in [-0.39, 0.29) is 11.9 Å². The van der Waals surface area contributed by atoms with Gasteiger partial charge in [0.05, 0.1) is 12.7 Å². The van der Waals surface area contributed by atoms with Gasteiger partial charge >= 0.3 is 5.97 Å². The molecule has 2 heteroatoms. The van der Waals surface area contributed by atoms with E-state index >= 15 is 0 Å². The van der Waals surface area contributed by atoms with Crippen LogP contribution in [0.15, 0.2) is 61.2 Å². The third-order valence-electron chi connectivity index (χ3n) is 3.66. The quantitative estimate of drug-likeness (QED) is 0.472. The summed E-state index contributed by atoms with van der Waals surface area (Å²) in [6, 6.07) is 15.4. The molecule has 116 valence electrons. The van der Waals surface area contributed by atoms with E-state index in [1.165, 1.54) is 18.2 Å². The van der Waals surface area contributed by atoms with Crippen LogP contribution in [0.2, 0.25) is 0 Å². The summed E-state index contributed by atoms with van der Waals surface area (Å²) in [4.78, 5) is 11.4. The molecule has 0 amide bonds. The largest absolute Gasteiger partial charge is 0.465 e. The van der Waals surface area contributed by atoms with Gasteiger partial charge in [-0.2, -0.15) is 0 Å². The van der Waals surface area contributed by atoms with E-state index in [0.717, 1.165) is 12.0 Å². The number of carbonyl (C=O) groups excluding carboxylic acids is 1. The van der Waals surface area contributed by atoms with Crippen molar-refractivity contribution in [3.05, 3.63) is 83.4 Å². The average Bonchev–Trinajstić information content (AvgIpc) is 2.59. The number of methoxy groups -OCH3 is 1. The SMILES string of the molecule is C=CCC(C#Cc1ccc(C(=O)OC)cc1)c1ccccc1C. The maximum atomic E-state index is 11.4. The van der Waals surface area contributed by atoms with E-state index in [9.17, 15) is 4.79 Å². The smallest absolute Gasteiger partial charge is 0.337 e. The average molecular weight is 304 g/mol. The summed E-state index contributed by atoms with van der Waals surface area (Å²) in [6.45, 7) is 5.93. The lowest BCUT2D eigenvalue weighted by Gasteiger charge is -2.11. The minimum Gasteiger partial charge on any atom is -0.465 e. The monoisotopic (exact) mass is 304 g/mol. The van der Waals surface area contributed by atoms with Crippen LogP contribution in [0.25, 0.3) is 0 Å². The molecule has 1 unspecified atom stereocenters. The van der Waals surface area contributed by atoms with Crippen LogP contribution >= 0.6 is 0 Å². The van der Waals surface area contributed by atoms with Gasteiger partial charge in [-0.1, -0.05) is 42.2 Å². The lowest BCUT2D eigenvalue weighted by atomic mass is 9.92. The molecule has 0 aliphatic carbocycles. The van der Waals surface area contributed by atoms with E-state index in [4.69, 9.17) is 4.74 Å². The lowest BCUT2D eigenvalue weighted by molar-refractivity contribution is 0.0600. The lowest BCUT2D eigenvalue weighted by Crippen LogP contribution is -2.00. The van der Waals surface area contributed by atoms with Crippen LogP contribution in [-0.2, 0) is 4.74 Å². The first-order chi connectivity index (χ1) is 11.2. The number of hydrogen-bond donors (Lipinski definition) is 0. The van der Waals surface area contributed by atoms with Crippen LogP contribution in [0, 0.1) is 18.8 Å². The second kappa shape index (κ2) is 8.00.